The molecule has 0 saturated carbocycles. The molecule has 3 aromatic heterocycles. The first-order valence-electron chi connectivity index (χ1n) is 11.4. The van der Waals surface area contributed by atoms with Crippen LogP contribution in [0.1, 0.15) is 16.5 Å². The lowest BCUT2D eigenvalue weighted by molar-refractivity contribution is 0.138. The van der Waals surface area contributed by atoms with E-state index in [0.29, 0.717) is 22.9 Å². The van der Waals surface area contributed by atoms with Gasteiger partial charge in [-0.1, -0.05) is 6.07 Å². The predicted molar refractivity (Wildman–Crippen MR) is 136 cm³/mol. The van der Waals surface area contributed by atoms with Gasteiger partial charge in [0.15, 0.2) is 0 Å². The first kappa shape index (κ1) is 21.7. The molecule has 35 heavy (non-hydrogen) atoms. The smallest absolute Gasteiger partial charge is 0.147 e. The third kappa shape index (κ3) is 4.13. The van der Waals surface area contributed by atoms with Crippen molar-refractivity contribution in [2.45, 2.75) is 12.5 Å². The molecule has 0 atom stereocenters. The molecule has 1 N–H and O–H groups in total. The Morgan fingerprint density at radius 1 is 1.09 bits per heavy atom. The molecule has 2 aromatic carbocycles. The van der Waals surface area contributed by atoms with E-state index >= 15 is 0 Å². The Hall–Kier alpha value is -3.82. The number of benzene rings is 2. The van der Waals surface area contributed by atoms with Gasteiger partial charge in [0.05, 0.1) is 24.0 Å². The summed E-state index contributed by atoms with van der Waals surface area (Å²) in [7, 11) is 3.52. The average molecular weight is 485 g/mol. The van der Waals surface area contributed by atoms with Gasteiger partial charge in [-0.15, -0.1) is 11.3 Å². The molecule has 0 bridgehead atoms. The molecule has 1 aliphatic heterocycles. The number of thiazole rings is 1. The number of nitrogens with zero attached hydrogens (tertiary/aromatic N) is 6. The van der Waals surface area contributed by atoms with Crippen molar-refractivity contribution < 1.29 is 9.84 Å². The molecule has 4 heterocycles. The molecule has 0 aliphatic carbocycles. The maximum Gasteiger partial charge on any atom is 0.147 e. The topological polar surface area (TPSA) is 89.2 Å². The molecule has 176 valence electrons. The quantitative estimate of drug-likeness (QED) is 0.380. The van der Waals surface area contributed by atoms with Gasteiger partial charge in [0.2, 0.25) is 0 Å². The Bertz CT molecular complexity index is 1490. The van der Waals surface area contributed by atoms with Crippen molar-refractivity contribution in [2.75, 3.05) is 20.2 Å². The van der Waals surface area contributed by atoms with Crippen LogP contribution in [-0.2, 0) is 13.6 Å². The molecule has 6 rings (SSSR count). The molecule has 9 heteroatoms. The van der Waals surface area contributed by atoms with Crippen molar-refractivity contribution in [1.29, 1.82) is 0 Å². The number of rotatable bonds is 6. The van der Waals surface area contributed by atoms with Gasteiger partial charge in [-0.25, -0.2) is 0 Å². The number of phenols is 1. The fourth-order valence-electron chi connectivity index (χ4n) is 4.60. The number of aromatic hydroxyl groups is 1. The van der Waals surface area contributed by atoms with Crippen LogP contribution in [0.25, 0.3) is 33.3 Å². The summed E-state index contributed by atoms with van der Waals surface area (Å²) in [4.78, 5) is 7.80. The summed E-state index contributed by atoms with van der Waals surface area (Å²) >= 11 is 1.69. The second-order valence-electron chi connectivity index (χ2n) is 8.85. The Balaban J connectivity index is 1.19. The molecular weight excluding hydrogens is 460 g/mol. The highest BCUT2D eigenvalue weighted by Gasteiger charge is 2.29. The number of aryl methyl sites for hydroxylation is 1. The van der Waals surface area contributed by atoms with Gasteiger partial charge in [0.1, 0.15) is 17.0 Å². The van der Waals surface area contributed by atoms with Crippen LogP contribution in [0.15, 0.2) is 60.4 Å². The van der Waals surface area contributed by atoms with Gasteiger partial charge >= 0.3 is 0 Å². The molecule has 0 spiro atoms. The third-order valence-corrected chi connectivity index (χ3v) is 7.20. The molecule has 8 nitrogen and oxygen atoms in total. The molecule has 1 fully saturated rings. The normalized spacial score (nSPS) is 14.3. The van der Waals surface area contributed by atoms with Crippen molar-refractivity contribution in [3.8, 4) is 33.9 Å². The van der Waals surface area contributed by atoms with Crippen LogP contribution in [0.5, 0.6) is 11.5 Å². The first-order chi connectivity index (χ1) is 17.1. The van der Waals surface area contributed by atoms with Crippen molar-refractivity contribution in [2.24, 2.45) is 7.05 Å². The highest BCUT2D eigenvalue weighted by Crippen LogP contribution is 2.36. The number of phenolic OH excluding ortho intramolecular Hbond substituents is 1. The molecule has 1 aliphatic rings. The minimum absolute atomic E-state index is 0.161. The molecule has 1 saturated heterocycles. The summed E-state index contributed by atoms with van der Waals surface area (Å²) in [6, 6.07) is 13.6. The molecule has 0 unspecified atom stereocenters. The van der Waals surface area contributed by atoms with Crippen molar-refractivity contribution >= 4 is 22.2 Å². The van der Waals surface area contributed by atoms with E-state index in [1.54, 1.807) is 29.2 Å². The summed E-state index contributed by atoms with van der Waals surface area (Å²) in [5.74, 6) is 1.25. The lowest BCUT2D eigenvalue weighted by Crippen LogP contribution is -2.44. The van der Waals surface area contributed by atoms with Gasteiger partial charge in [-0.3, -0.25) is 14.6 Å². The predicted octanol–water partition coefficient (Wildman–Crippen LogP) is 4.47. The summed E-state index contributed by atoms with van der Waals surface area (Å²) in [5.41, 5.74) is 6.81. The van der Waals surface area contributed by atoms with Crippen LogP contribution >= 0.6 is 11.3 Å². The van der Waals surface area contributed by atoms with Crippen LogP contribution in [0.4, 0.5) is 0 Å². The first-order valence-corrected chi connectivity index (χ1v) is 12.2. The number of hydrogen-bond donors (Lipinski definition) is 1. The zero-order valence-electron chi connectivity index (χ0n) is 19.4. The minimum atomic E-state index is 0.161. The van der Waals surface area contributed by atoms with Crippen molar-refractivity contribution in [3.05, 3.63) is 70.9 Å². The fraction of sp³-hybridized carbons (Fsp3) is 0.231. The SMILES string of the molecule is COc1cc(-c2ccc(-c3ccc(C4CN(Cc5cncs5)C4)nn3)c(O)c2)cc2cn(C)nc12. The van der Waals surface area contributed by atoms with E-state index in [-0.39, 0.29) is 5.75 Å². The highest BCUT2D eigenvalue weighted by molar-refractivity contribution is 7.09. The zero-order chi connectivity index (χ0) is 23.9. The van der Waals surface area contributed by atoms with E-state index in [0.717, 1.165) is 47.4 Å². The maximum atomic E-state index is 10.8. The Kier molecular flexibility index (Phi) is 5.43. The molecule has 5 aromatic rings. The third-order valence-electron chi connectivity index (χ3n) is 6.44. The number of aromatic nitrogens is 5. The van der Waals surface area contributed by atoms with Gasteiger partial charge in [-0.05, 0) is 47.5 Å². The molecule has 0 radical (unpaired) electrons. The summed E-state index contributed by atoms with van der Waals surface area (Å²) in [6.45, 7) is 2.87. The summed E-state index contributed by atoms with van der Waals surface area (Å²) < 4.78 is 7.31. The van der Waals surface area contributed by atoms with Crippen LogP contribution in [0.3, 0.4) is 0 Å². The van der Waals surface area contributed by atoms with E-state index in [1.807, 2.05) is 61.4 Å². The largest absolute Gasteiger partial charge is 0.507 e. The Labute approximate surface area is 206 Å². The van der Waals surface area contributed by atoms with Crippen LogP contribution < -0.4 is 4.74 Å². The summed E-state index contributed by atoms with van der Waals surface area (Å²) in [6.07, 6.45) is 3.88. The van der Waals surface area contributed by atoms with E-state index in [2.05, 4.69) is 25.2 Å². The Morgan fingerprint density at radius 2 is 1.97 bits per heavy atom. The standard InChI is InChI=1S/C26H24N6O2S/c1-31-11-18-7-17(9-25(34-2)26(18)30-31)16-3-4-21(24(33)8-16)23-6-5-22(28-29-23)19-12-32(13-19)14-20-10-27-15-35-20/h3-11,15,19,33H,12-14H2,1-2H3. The number of fused-ring (bicyclic) bond motifs is 1. The maximum absolute atomic E-state index is 10.8. The summed E-state index contributed by atoms with van der Waals surface area (Å²) in [5, 5.41) is 25.1. The van der Waals surface area contributed by atoms with Crippen LogP contribution in [-0.4, -0.2) is 55.2 Å². The second kappa shape index (κ2) is 8.75. The van der Waals surface area contributed by atoms with E-state index in [4.69, 9.17) is 4.74 Å². The lowest BCUT2D eigenvalue weighted by atomic mass is 9.95. The van der Waals surface area contributed by atoms with E-state index < -0.39 is 0 Å². The minimum Gasteiger partial charge on any atom is -0.507 e. The average Bonchev–Trinajstić information content (AvgIpc) is 3.49. The van der Waals surface area contributed by atoms with Gasteiger partial charge < -0.3 is 9.84 Å². The number of likely N-dealkylation sites (tertiary alicyclic amines) is 1. The number of methoxy groups -OCH3 is 1. The van der Waals surface area contributed by atoms with Gasteiger partial charge in [0.25, 0.3) is 0 Å². The monoisotopic (exact) mass is 484 g/mol. The van der Waals surface area contributed by atoms with Gasteiger partial charge in [0, 0.05) is 60.8 Å². The van der Waals surface area contributed by atoms with E-state index in [9.17, 15) is 5.11 Å². The lowest BCUT2D eigenvalue weighted by Gasteiger charge is -2.38. The molecular formula is C26H24N6O2S. The fourth-order valence-corrected chi connectivity index (χ4v) is 5.24. The Morgan fingerprint density at radius 3 is 2.69 bits per heavy atom. The van der Waals surface area contributed by atoms with Crippen molar-refractivity contribution in [3.63, 3.8) is 0 Å². The van der Waals surface area contributed by atoms with Gasteiger partial charge in [-0.2, -0.15) is 15.3 Å². The molecule has 0 amide bonds. The number of ether oxygens (including phenoxy) is 1. The highest BCUT2D eigenvalue weighted by atomic mass is 32.1. The number of hydrogen-bond acceptors (Lipinski definition) is 8. The van der Waals surface area contributed by atoms with Crippen LogP contribution in [0.2, 0.25) is 0 Å². The van der Waals surface area contributed by atoms with Crippen LogP contribution in [0, 0.1) is 0 Å². The van der Waals surface area contributed by atoms with E-state index in [1.165, 1.54) is 4.88 Å². The zero-order valence-corrected chi connectivity index (χ0v) is 20.2. The van der Waals surface area contributed by atoms with Crippen molar-refractivity contribution in [1.82, 2.24) is 29.9 Å². The second-order valence-corrected chi connectivity index (χ2v) is 9.82.